The molecule has 0 amide bonds. The topological polar surface area (TPSA) is 24.4 Å². The lowest BCUT2D eigenvalue weighted by atomic mass is 9.48. The van der Waals surface area contributed by atoms with E-state index in [1.54, 1.807) is 0 Å². The highest BCUT2D eigenvalue weighted by Gasteiger charge is 2.57. The van der Waals surface area contributed by atoms with Gasteiger partial charge in [0.15, 0.2) is 0 Å². The summed E-state index contributed by atoms with van der Waals surface area (Å²) in [5.74, 6) is 1.56. The summed E-state index contributed by atoms with van der Waals surface area (Å²) in [5.41, 5.74) is 0.639. The molecule has 0 spiro atoms. The quantitative estimate of drug-likeness (QED) is 0.761. The molecule has 0 aromatic carbocycles. The summed E-state index contributed by atoms with van der Waals surface area (Å²) < 4.78 is 0. The average molecular weight is 264 g/mol. The number of nitrogens with one attached hydrogen (secondary N) is 1. The van der Waals surface area contributed by atoms with Crippen LogP contribution in [0.2, 0.25) is 0 Å². The van der Waals surface area contributed by atoms with Gasteiger partial charge in [0, 0.05) is 12.6 Å². The fourth-order valence-electron chi connectivity index (χ4n) is 4.55. The second-order valence-electron chi connectivity index (χ2n) is 7.36. The highest BCUT2D eigenvalue weighted by atomic mass is 15.0. The second-order valence-corrected chi connectivity index (χ2v) is 7.36. The van der Waals surface area contributed by atoms with Crippen LogP contribution < -0.4 is 5.32 Å². The van der Waals surface area contributed by atoms with Gasteiger partial charge in [-0.25, -0.2) is 0 Å². The predicted molar refractivity (Wildman–Crippen MR) is 83.9 cm³/mol. The molecule has 0 radical (unpaired) electrons. The van der Waals surface area contributed by atoms with E-state index in [-0.39, 0.29) is 5.54 Å². The molecule has 5 atom stereocenters. The average Bonchev–Trinajstić information content (AvgIpc) is 2.38. The van der Waals surface area contributed by atoms with Crippen LogP contribution in [-0.4, -0.2) is 24.3 Å². The molecule has 19 heavy (non-hydrogen) atoms. The Morgan fingerprint density at radius 2 is 2.11 bits per heavy atom. The molecule has 5 unspecified atom stereocenters. The first-order chi connectivity index (χ1) is 8.96. The van der Waals surface area contributed by atoms with Crippen LogP contribution in [0.4, 0.5) is 0 Å². The molecule has 1 aliphatic heterocycles. The zero-order chi connectivity index (χ0) is 14.1. The Balaban J connectivity index is 2.12. The first-order valence-corrected chi connectivity index (χ1v) is 8.19. The Morgan fingerprint density at radius 1 is 1.37 bits per heavy atom. The van der Waals surface area contributed by atoms with Crippen LogP contribution in [-0.2, 0) is 0 Å². The van der Waals surface area contributed by atoms with Crippen LogP contribution in [0.25, 0.3) is 0 Å². The third-order valence-corrected chi connectivity index (χ3v) is 5.94. The van der Waals surface area contributed by atoms with E-state index in [1.807, 2.05) is 6.21 Å². The lowest BCUT2D eigenvalue weighted by Gasteiger charge is -2.60. The van der Waals surface area contributed by atoms with Gasteiger partial charge in [-0.05, 0) is 69.9 Å². The highest BCUT2D eigenvalue weighted by Crippen LogP contribution is 2.58. The first-order valence-electron chi connectivity index (χ1n) is 8.19. The van der Waals surface area contributed by atoms with Crippen molar-refractivity contribution >= 4 is 6.21 Å². The standard InChI is InChI=1S/C17H32N2/c1-6-8-14-11-15(17(14,5)19-7-2)16(4)10-9-13(3)18-12-16/h7,13-15,18H,6,8-12H2,1-5H3. The minimum absolute atomic E-state index is 0.196. The van der Waals surface area contributed by atoms with Crippen LogP contribution >= 0.6 is 0 Å². The molecule has 2 aliphatic rings. The largest absolute Gasteiger partial charge is 0.314 e. The molecule has 2 nitrogen and oxygen atoms in total. The molecular weight excluding hydrogens is 232 g/mol. The summed E-state index contributed by atoms with van der Waals surface area (Å²) in [4.78, 5) is 4.93. The lowest BCUT2D eigenvalue weighted by Crippen LogP contribution is -2.62. The first kappa shape index (κ1) is 15.0. The summed E-state index contributed by atoms with van der Waals surface area (Å²) in [6, 6.07) is 0.695. The van der Waals surface area contributed by atoms with E-state index >= 15 is 0 Å². The number of aliphatic imine (C=N–C) groups is 1. The smallest absolute Gasteiger partial charge is 0.0638 e. The Labute approximate surface area is 119 Å². The Bertz CT molecular complexity index is 328. The van der Waals surface area contributed by atoms with E-state index in [1.165, 1.54) is 38.6 Å². The molecule has 0 aromatic rings. The maximum atomic E-state index is 4.93. The van der Waals surface area contributed by atoms with Gasteiger partial charge in [0.2, 0.25) is 0 Å². The van der Waals surface area contributed by atoms with Crippen molar-refractivity contribution in [1.82, 2.24) is 5.32 Å². The molecule has 2 fully saturated rings. The minimum Gasteiger partial charge on any atom is -0.314 e. The summed E-state index contributed by atoms with van der Waals surface area (Å²) in [5, 5.41) is 3.70. The monoisotopic (exact) mass is 264 g/mol. The summed E-state index contributed by atoms with van der Waals surface area (Å²) in [6.45, 7) is 12.8. The van der Waals surface area contributed by atoms with Gasteiger partial charge < -0.3 is 5.32 Å². The van der Waals surface area contributed by atoms with Crippen molar-refractivity contribution in [2.75, 3.05) is 6.54 Å². The van der Waals surface area contributed by atoms with Gasteiger partial charge in [0.25, 0.3) is 0 Å². The van der Waals surface area contributed by atoms with Crippen LogP contribution in [0.5, 0.6) is 0 Å². The number of hydrogen-bond donors (Lipinski definition) is 1. The van der Waals surface area contributed by atoms with Crippen molar-refractivity contribution in [3.63, 3.8) is 0 Å². The molecule has 1 saturated carbocycles. The van der Waals surface area contributed by atoms with Gasteiger partial charge in [0.1, 0.15) is 0 Å². The second kappa shape index (κ2) is 5.55. The van der Waals surface area contributed by atoms with E-state index in [0.29, 0.717) is 11.5 Å². The van der Waals surface area contributed by atoms with Crippen LogP contribution in [0.15, 0.2) is 4.99 Å². The van der Waals surface area contributed by atoms with E-state index in [2.05, 4.69) is 39.9 Å². The Kier molecular flexibility index (Phi) is 4.39. The van der Waals surface area contributed by atoms with E-state index in [4.69, 9.17) is 4.99 Å². The number of rotatable bonds is 4. The SMILES string of the molecule is CC=NC1(C)C(CCC)CC1C1(C)CCC(C)NC1. The van der Waals surface area contributed by atoms with Gasteiger partial charge >= 0.3 is 0 Å². The fraction of sp³-hybridized carbons (Fsp3) is 0.941. The van der Waals surface area contributed by atoms with Crippen LogP contribution in [0.3, 0.4) is 0 Å². The number of piperidine rings is 1. The van der Waals surface area contributed by atoms with Gasteiger partial charge in [-0.2, -0.15) is 0 Å². The molecule has 110 valence electrons. The molecule has 1 heterocycles. The normalized spacial score (nSPS) is 47.3. The van der Waals surface area contributed by atoms with E-state index < -0.39 is 0 Å². The number of nitrogens with zero attached hydrogens (tertiary/aromatic N) is 1. The molecule has 0 aromatic heterocycles. The van der Waals surface area contributed by atoms with Crippen molar-refractivity contribution in [1.29, 1.82) is 0 Å². The molecule has 1 N–H and O–H groups in total. The Morgan fingerprint density at radius 3 is 2.63 bits per heavy atom. The summed E-state index contributed by atoms with van der Waals surface area (Å²) in [7, 11) is 0. The van der Waals surface area contributed by atoms with Crippen molar-refractivity contribution in [2.24, 2.45) is 22.2 Å². The molecule has 2 rings (SSSR count). The third kappa shape index (κ3) is 2.61. The van der Waals surface area contributed by atoms with Crippen LogP contribution in [0, 0.1) is 17.3 Å². The van der Waals surface area contributed by atoms with Gasteiger partial charge in [-0.1, -0.05) is 20.3 Å². The van der Waals surface area contributed by atoms with Crippen LogP contribution in [0.1, 0.15) is 66.7 Å². The number of hydrogen-bond acceptors (Lipinski definition) is 2. The van der Waals surface area contributed by atoms with Crippen molar-refractivity contribution in [3.8, 4) is 0 Å². The summed E-state index contributed by atoms with van der Waals surface area (Å²) in [6.07, 6.45) is 8.73. The van der Waals surface area contributed by atoms with Crippen molar-refractivity contribution in [3.05, 3.63) is 0 Å². The fourth-order valence-corrected chi connectivity index (χ4v) is 4.55. The predicted octanol–water partition coefficient (Wildman–Crippen LogP) is 4.05. The van der Waals surface area contributed by atoms with Gasteiger partial charge in [-0.15, -0.1) is 0 Å². The molecular formula is C17H32N2. The molecule has 0 bridgehead atoms. The molecule has 2 heteroatoms. The van der Waals surface area contributed by atoms with Gasteiger partial charge in [0.05, 0.1) is 5.54 Å². The maximum Gasteiger partial charge on any atom is 0.0638 e. The third-order valence-electron chi connectivity index (χ3n) is 5.94. The van der Waals surface area contributed by atoms with Crippen molar-refractivity contribution in [2.45, 2.75) is 78.3 Å². The lowest BCUT2D eigenvalue weighted by molar-refractivity contribution is -0.0596. The Hall–Kier alpha value is -0.370. The van der Waals surface area contributed by atoms with Crippen molar-refractivity contribution < 1.29 is 0 Å². The van der Waals surface area contributed by atoms with Gasteiger partial charge in [-0.3, -0.25) is 4.99 Å². The maximum absolute atomic E-state index is 4.93. The van der Waals surface area contributed by atoms with E-state index in [9.17, 15) is 0 Å². The zero-order valence-electron chi connectivity index (χ0n) is 13.5. The molecule has 1 aliphatic carbocycles. The minimum atomic E-state index is 0.196. The summed E-state index contributed by atoms with van der Waals surface area (Å²) >= 11 is 0. The highest BCUT2D eigenvalue weighted by molar-refractivity contribution is 5.54. The zero-order valence-corrected chi connectivity index (χ0v) is 13.5. The molecule has 1 saturated heterocycles. The van der Waals surface area contributed by atoms with E-state index in [0.717, 1.165) is 11.8 Å².